The molecule has 0 aromatic heterocycles. The summed E-state index contributed by atoms with van der Waals surface area (Å²) in [4.78, 5) is 1.15. The second kappa shape index (κ2) is 4.33. The third-order valence-electron chi connectivity index (χ3n) is 2.32. The van der Waals surface area contributed by atoms with E-state index < -0.39 is 0 Å². The summed E-state index contributed by atoms with van der Waals surface area (Å²) in [5.74, 6) is 1.72. The summed E-state index contributed by atoms with van der Waals surface area (Å²) in [6, 6.07) is 4.19. The molecule has 0 bridgehead atoms. The van der Waals surface area contributed by atoms with E-state index in [9.17, 15) is 0 Å². The Labute approximate surface area is 93.9 Å². The van der Waals surface area contributed by atoms with E-state index in [0.29, 0.717) is 6.79 Å². The van der Waals surface area contributed by atoms with Crippen LogP contribution in [0.5, 0.6) is 11.5 Å². The highest BCUT2D eigenvalue weighted by Gasteiger charge is 2.20. The number of benzene rings is 1. The van der Waals surface area contributed by atoms with Gasteiger partial charge in [-0.15, -0.1) is 11.8 Å². The highest BCUT2D eigenvalue weighted by molar-refractivity contribution is 7.98. The molecule has 0 radical (unpaired) electrons. The zero-order valence-electron chi connectivity index (χ0n) is 8.95. The van der Waals surface area contributed by atoms with E-state index in [0.717, 1.165) is 22.8 Å². The second-order valence-corrected chi connectivity index (χ2v) is 4.49. The highest BCUT2D eigenvalue weighted by Crippen LogP contribution is 2.42. The van der Waals surface area contributed by atoms with E-state index in [-0.39, 0.29) is 6.04 Å². The Morgan fingerprint density at radius 1 is 1.47 bits per heavy atom. The van der Waals surface area contributed by atoms with E-state index >= 15 is 0 Å². The van der Waals surface area contributed by atoms with E-state index in [1.165, 1.54) is 5.56 Å². The number of hydrogen-bond donors (Lipinski definition) is 1. The molecule has 0 spiro atoms. The van der Waals surface area contributed by atoms with Gasteiger partial charge >= 0.3 is 0 Å². The Balaban J connectivity index is 2.39. The molecule has 2 rings (SSSR count). The Bertz CT molecular complexity index is 366. The van der Waals surface area contributed by atoms with Crippen molar-refractivity contribution in [1.29, 1.82) is 0 Å². The van der Waals surface area contributed by atoms with Crippen LogP contribution in [0.3, 0.4) is 0 Å². The molecular formula is C11H15NO2S. The first kappa shape index (κ1) is 10.6. The van der Waals surface area contributed by atoms with Crippen LogP contribution in [0.2, 0.25) is 0 Å². The van der Waals surface area contributed by atoms with Crippen LogP contribution in [0, 0.1) is 0 Å². The summed E-state index contributed by atoms with van der Waals surface area (Å²) < 4.78 is 10.8. The zero-order chi connectivity index (χ0) is 10.8. The summed E-state index contributed by atoms with van der Waals surface area (Å²) in [6.07, 6.45) is 2.91. The fourth-order valence-corrected chi connectivity index (χ4v) is 2.48. The van der Waals surface area contributed by atoms with Gasteiger partial charge in [-0.05, 0) is 31.2 Å². The van der Waals surface area contributed by atoms with Crippen molar-refractivity contribution in [2.24, 2.45) is 5.73 Å². The average molecular weight is 225 g/mol. The van der Waals surface area contributed by atoms with Crippen LogP contribution in [0.15, 0.2) is 17.0 Å². The molecule has 4 heteroatoms. The maximum Gasteiger partial charge on any atom is 0.231 e. The standard InChI is InChI=1S/C11H15NO2S/c1-7(12)5-8-3-4-9-10(11(8)15-2)14-6-13-9/h3-4,7H,5-6,12H2,1-2H3. The van der Waals surface area contributed by atoms with Crippen molar-refractivity contribution in [2.75, 3.05) is 13.0 Å². The number of rotatable bonds is 3. The van der Waals surface area contributed by atoms with E-state index in [2.05, 4.69) is 6.07 Å². The lowest BCUT2D eigenvalue weighted by Crippen LogP contribution is -2.18. The predicted octanol–water partition coefficient (Wildman–Crippen LogP) is 2.03. The van der Waals surface area contributed by atoms with Crippen LogP contribution >= 0.6 is 11.8 Å². The Kier molecular flexibility index (Phi) is 3.07. The monoisotopic (exact) mass is 225 g/mol. The molecule has 1 unspecified atom stereocenters. The van der Waals surface area contributed by atoms with Crippen LogP contribution < -0.4 is 15.2 Å². The molecule has 1 atom stereocenters. The van der Waals surface area contributed by atoms with Crippen molar-refractivity contribution in [3.63, 3.8) is 0 Å². The van der Waals surface area contributed by atoms with Gasteiger partial charge in [0.25, 0.3) is 0 Å². The summed E-state index contributed by atoms with van der Waals surface area (Å²) in [7, 11) is 0. The van der Waals surface area contributed by atoms with Gasteiger partial charge in [-0.2, -0.15) is 0 Å². The topological polar surface area (TPSA) is 44.5 Å². The number of fused-ring (bicyclic) bond motifs is 1. The number of hydrogen-bond acceptors (Lipinski definition) is 4. The lowest BCUT2D eigenvalue weighted by Gasteiger charge is -2.11. The van der Waals surface area contributed by atoms with Crippen LogP contribution in [-0.2, 0) is 6.42 Å². The SMILES string of the molecule is CSc1c(CC(C)N)ccc2c1OCO2. The summed E-state index contributed by atoms with van der Waals surface area (Å²) >= 11 is 1.68. The minimum Gasteiger partial charge on any atom is -0.454 e. The van der Waals surface area contributed by atoms with Crippen molar-refractivity contribution < 1.29 is 9.47 Å². The van der Waals surface area contributed by atoms with Crippen molar-refractivity contribution in [1.82, 2.24) is 0 Å². The molecular weight excluding hydrogens is 210 g/mol. The van der Waals surface area contributed by atoms with Crippen LogP contribution in [0.4, 0.5) is 0 Å². The Morgan fingerprint density at radius 3 is 2.93 bits per heavy atom. The summed E-state index contributed by atoms with van der Waals surface area (Å²) in [5, 5.41) is 0. The minimum atomic E-state index is 0.163. The number of ether oxygens (including phenoxy) is 2. The molecule has 82 valence electrons. The van der Waals surface area contributed by atoms with Gasteiger partial charge in [0.05, 0.1) is 4.90 Å². The van der Waals surface area contributed by atoms with Crippen molar-refractivity contribution in [3.05, 3.63) is 17.7 Å². The van der Waals surface area contributed by atoms with Crippen LogP contribution in [0.25, 0.3) is 0 Å². The van der Waals surface area contributed by atoms with Gasteiger partial charge in [0.1, 0.15) is 0 Å². The average Bonchev–Trinajstić information content (AvgIpc) is 2.64. The molecule has 1 aromatic rings. The van der Waals surface area contributed by atoms with E-state index in [1.54, 1.807) is 11.8 Å². The largest absolute Gasteiger partial charge is 0.454 e. The molecule has 2 N–H and O–H groups in total. The smallest absolute Gasteiger partial charge is 0.231 e. The quantitative estimate of drug-likeness (QED) is 0.799. The third kappa shape index (κ3) is 2.06. The first-order valence-corrected chi connectivity index (χ1v) is 6.16. The summed E-state index contributed by atoms with van der Waals surface area (Å²) in [6.45, 7) is 2.33. The van der Waals surface area contributed by atoms with Gasteiger partial charge in [-0.25, -0.2) is 0 Å². The molecule has 0 amide bonds. The van der Waals surface area contributed by atoms with E-state index in [4.69, 9.17) is 15.2 Å². The van der Waals surface area contributed by atoms with Gasteiger partial charge < -0.3 is 15.2 Å². The molecule has 1 heterocycles. The molecule has 3 nitrogen and oxygen atoms in total. The lowest BCUT2D eigenvalue weighted by molar-refractivity contribution is 0.172. The molecule has 1 aliphatic heterocycles. The fourth-order valence-electron chi connectivity index (χ4n) is 1.72. The summed E-state index contributed by atoms with van der Waals surface area (Å²) in [5.41, 5.74) is 7.05. The third-order valence-corrected chi connectivity index (χ3v) is 3.18. The molecule has 1 aromatic carbocycles. The van der Waals surface area contributed by atoms with E-state index in [1.807, 2.05) is 19.2 Å². The Morgan fingerprint density at radius 2 is 2.27 bits per heavy atom. The molecule has 0 aliphatic carbocycles. The van der Waals surface area contributed by atoms with Crippen LogP contribution in [-0.4, -0.2) is 19.1 Å². The number of nitrogens with two attached hydrogens (primary N) is 1. The van der Waals surface area contributed by atoms with Crippen molar-refractivity contribution >= 4 is 11.8 Å². The highest BCUT2D eigenvalue weighted by atomic mass is 32.2. The lowest BCUT2D eigenvalue weighted by atomic mass is 10.1. The van der Waals surface area contributed by atoms with Gasteiger partial charge in [-0.3, -0.25) is 0 Å². The Hall–Kier alpha value is -0.870. The van der Waals surface area contributed by atoms with Gasteiger partial charge in [0.2, 0.25) is 6.79 Å². The molecule has 0 saturated heterocycles. The van der Waals surface area contributed by atoms with Crippen molar-refractivity contribution in [3.8, 4) is 11.5 Å². The first-order valence-electron chi connectivity index (χ1n) is 4.93. The normalized spacial score (nSPS) is 15.4. The van der Waals surface area contributed by atoms with Crippen LogP contribution in [0.1, 0.15) is 12.5 Å². The fraction of sp³-hybridized carbons (Fsp3) is 0.455. The van der Waals surface area contributed by atoms with Crippen molar-refractivity contribution in [2.45, 2.75) is 24.3 Å². The maximum absolute atomic E-state index is 5.81. The molecule has 0 saturated carbocycles. The maximum atomic E-state index is 5.81. The predicted molar refractivity (Wildman–Crippen MR) is 61.7 cm³/mol. The van der Waals surface area contributed by atoms with Gasteiger partial charge in [0, 0.05) is 6.04 Å². The molecule has 1 aliphatic rings. The first-order chi connectivity index (χ1) is 7.22. The zero-order valence-corrected chi connectivity index (χ0v) is 9.76. The minimum absolute atomic E-state index is 0.163. The van der Waals surface area contributed by atoms with Gasteiger partial charge in [-0.1, -0.05) is 6.07 Å². The second-order valence-electron chi connectivity index (χ2n) is 3.67. The number of thioether (sulfide) groups is 1. The molecule has 0 fully saturated rings. The molecule has 15 heavy (non-hydrogen) atoms. The van der Waals surface area contributed by atoms with Gasteiger partial charge in [0.15, 0.2) is 11.5 Å².